The molecule has 0 atom stereocenters. The normalized spacial score (nSPS) is 15.8. The molecule has 0 unspecified atom stereocenters. The van der Waals surface area contributed by atoms with Crippen molar-refractivity contribution in [1.82, 2.24) is 4.90 Å². The molecular weight excluding hydrogens is 470 g/mol. The number of carbonyl (C=O) groups excluding carboxylic acids is 2. The Morgan fingerprint density at radius 3 is 2.53 bits per heavy atom. The lowest BCUT2D eigenvalue weighted by molar-refractivity contribution is -0.137. The summed E-state index contributed by atoms with van der Waals surface area (Å²) in [5, 5.41) is -0.518. The summed E-state index contributed by atoms with van der Waals surface area (Å²) in [5.74, 6) is -0.958. The largest absolute Gasteiger partial charge is 0.457 e. The molecule has 1 fully saturated rings. The van der Waals surface area contributed by atoms with Crippen LogP contribution in [0.1, 0.15) is 16.9 Å². The van der Waals surface area contributed by atoms with Gasteiger partial charge in [0.1, 0.15) is 17.3 Å². The number of hydrogen-bond donors (Lipinski definition) is 0. The first-order chi connectivity index (χ1) is 15.1. The zero-order chi connectivity index (χ0) is 23.0. The molecule has 0 aliphatic carbocycles. The number of benzene rings is 2. The van der Waals surface area contributed by atoms with Gasteiger partial charge < -0.3 is 4.42 Å². The summed E-state index contributed by atoms with van der Waals surface area (Å²) in [7, 11) is 0. The van der Waals surface area contributed by atoms with Crippen molar-refractivity contribution in [1.29, 1.82) is 0 Å². The minimum Gasteiger partial charge on any atom is -0.457 e. The Morgan fingerprint density at radius 2 is 1.81 bits per heavy atom. The fraction of sp³-hybridized carbons (Fsp3) is 0.0909. The van der Waals surface area contributed by atoms with Crippen LogP contribution in [0.15, 0.2) is 63.9 Å². The molecule has 1 saturated heterocycles. The highest BCUT2D eigenvalue weighted by Gasteiger charge is 2.36. The van der Waals surface area contributed by atoms with E-state index in [1.165, 1.54) is 48.5 Å². The number of thioether (sulfide) groups is 1. The summed E-state index contributed by atoms with van der Waals surface area (Å²) in [5.41, 5.74) is -0.592. The number of alkyl halides is 3. The first-order valence-electron chi connectivity index (χ1n) is 9.09. The quantitative estimate of drug-likeness (QED) is 0.297. The summed E-state index contributed by atoms with van der Waals surface area (Å²) in [6, 6.07) is 11.6. The predicted molar refractivity (Wildman–Crippen MR) is 112 cm³/mol. The molecule has 1 aromatic heterocycles. The molecule has 32 heavy (non-hydrogen) atoms. The van der Waals surface area contributed by atoms with Gasteiger partial charge >= 0.3 is 6.18 Å². The molecule has 1 aliphatic heterocycles. The van der Waals surface area contributed by atoms with Crippen LogP contribution in [-0.4, -0.2) is 16.0 Å². The maximum atomic E-state index is 14.0. The van der Waals surface area contributed by atoms with Crippen LogP contribution in [0.25, 0.3) is 17.4 Å². The first kappa shape index (κ1) is 22.2. The summed E-state index contributed by atoms with van der Waals surface area (Å²) in [4.78, 5) is 25.9. The van der Waals surface area contributed by atoms with Crippen molar-refractivity contribution in [3.63, 3.8) is 0 Å². The molecule has 0 radical (unpaired) electrons. The highest BCUT2D eigenvalue weighted by Crippen LogP contribution is 2.36. The molecule has 0 spiro atoms. The maximum absolute atomic E-state index is 14.0. The lowest BCUT2D eigenvalue weighted by Crippen LogP contribution is -2.28. The second-order valence-corrected chi connectivity index (χ2v) is 8.15. The van der Waals surface area contributed by atoms with E-state index in [0.717, 1.165) is 17.0 Å². The second kappa shape index (κ2) is 8.48. The summed E-state index contributed by atoms with van der Waals surface area (Å²) in [6.07, 6.45) is -3.18. The van der Waals surface area contributed by atoms with Crippen molar-refractivity contribution in [3.8, 4) is 11.3 Å². The van der Waals surface area contributed by atoms with Crippen LogP contribution in [0.3, 0.4) is 0 Å². The fourth-order valence-corrected chi connectivity index (χ4v) is 4.08. The van der Waals surface area contributed by atoms with E-state index < -0.39 is 28.7 Å². The Hall–Kier alpha value is -3.04. The van der Waals surface area contributed by atoms with E-state index in [0.29, 0.717) is 11.8 Å². The van der Waals surface area contributed by atoms with Gasteiger partial charge in [-0.05, 0) is 48.2 Å². The van der Waals surface area contributed by atoms with Crippen LogP contribution in [0.2, 0.25) is 5.02 Å². The Kier molecular flexibility index (Phi) is 5.87. The zero-order valence-corrected chi connectivity index (χ0v) is 17.5. The maximum Gasteiger partial charge on any atom is 0.416 e. The van der Waals surface area contributed by atoms with Crippen molar-refractivity contribution in [2.75, 3.05) is 0 Å². The van der Waals surface area contributed by atoms with Crippen LogP contribution in [-0.2, 0) is 17.5 Å². The fourth-order valence-electron chi connectivity index (χ4n) is 3.04. The van der Waals surface area contributed by atoms with Crippen LogP contribution >= 0.6 is 23.4 Å². The van der Waals surface area contributed by atoms with E-state index in [9.17, 15) is 27.2 Å². The van der Waals surface area contributed by atoms with E-state index in [2.05, 4.69) is 0 Å². The Bertz CT molecular complexity index is 1230. The van der Waals surface area contributed by atoms with Gasteiger partial charge in [-0.1, -0.05) is 29.8 Å². The lowest BCUT2D eigenvalue weighted by Gasteiger charge is -2.14. The molecule has 0 bridgehead atoms. The van der Waals surface area contributed by atoms with Gasteiger partial charge in [0.2, 0.25) is 0 Å². The van der Waals surface area contributed by atoms with E-state index in [1.54, 1.807) is 0 Å². The summed E-state index contributed by atoms with van der Waals surface area (Å²) >= 11 is 6.62. The summed E-state index contributed by atoms with van der Waals surface area (Å²) < 4.78 is 58.4. The van der Waals surface area contributed by atoms with Crippen molar-refractivity contribution in [3.05, 3.63) is 87.2 Å². The van der Waals surface area contributed by atoms with E-state index >= 15 is 0 Å². The zero-order valence-electron chi connectivity index (χ0n) is 16.0. The van der Waals surface area contributed by atoms with Crippen LogP contribution < -0.4 is 0 Å². The van der Waals surface area contributed by atoms with Gasteiger partial charge in [-0.15, -0.1) is 0 Å². The van der Waals surface area contributed by atoms with Gasteiger partial charge in [-0.2, -0.15) is 13.2 Å². The monoisotopic (exact) mass is 481 g/mol. The summed E-state index contributed by atoms with van der Waals surface area (Å²) in [6.45, 7) is -0.332. The third kappa shape index (κ3) is 4.44. The molecule has 4 rings (SSSR count). The minimum atomic E-state index is -4.49. The smallest absolute Gasteiger partial charge is 0.416 e. The number of rotatable bonds is 4. The highest BCUT2D eigenvalue weighted by molar-refractivity contribution is 8.18. The highest BCUT2D eigenvalue weighted by atomic mass is 35.5. The van der Waals surface area contributed by atoms with E-state index in [4.69, 9.17) is 16.0 Å². The molecule has 4 nitrogen and oxygen atoms in total. The molecule has 0 N–H and O–H groups in total. The predicted octanol–water partition coefficient (Wildman–Crippen LogP) is 6.99. The number of carbonyl (C=O) groups is 2. The van der Waals surface area contributed by atoms with Crippen molar-refractivity contribution in [2.24, 2.45) is 0 Å². The average Bonchev–Trinajstić information content (AvgIpc) is 3.30. The van der Waals surface area contributed by atoms with Gasteiger partial charge in [-0.3, -0.25) is 14.5 Å². The third-order valence-corrected chi connectivity index (χ3v) is 5.89. The first-order valence-corrected chi connectivity index (χ1v) is 10.3. The second-order valence-electron chi connectivity index (χ2n) is 6.75. The van der Waals surface area contributed by atoms with Gasteiger partial charge in [0.25, 0.3) is 11.1 Å². The van der Waals surface area contributed by atoms with Crippen LogP contribution in [0.5, 0.6) is 0 Å². The molecule has 164 valence electrons. The van der Waals surface area contributed by atoms with Crippen molar-refractivity contribution in [2.45, 2.75) is 12.7 Å². The molecule has 1 aliphatic rings. The topological polar surface area (TPSA) is 50.5 Å². The average molecular weight is 482 g/mol. The van der Waals surface area contributed by atoms with E-state index in [-0.39, 0.29) is 39.1 Å². The van der Waals surface area contributed by atoms with Crippen molar-refractivity contribution >= 4 is 40.6 Å². The van der Waals surface area contributed by atoms with Crippen LogP contribution in [0.4, 0.5) is 22.4 Å². The van der Waals surface area contributed by atoms with Gasteiger partial charge in [0, 0.05) is 22.2 Å². The molecule has 2 amide bonds. The van der Waals surface area contributed by atoms with Gasteiger partial charge in [0.05, 0.1) is 17.0 Å². The number of nitrogens with zero attached hydrogens (tertiary/aromatic N) is 1. The Labute approximate surface area is 188 Å². The molecule has 0 saturated carbocycles. The molecule has 2 heterocycles. The standard InChI is InChI=1S/C22H12ClF4NO3S/c23-16-5-2-6-17(24)15(16)11-28-20(29)19(32-21(28)30)10-14-7-8-18(31-14)12-3-1-4-13(9-12)22(25,26)27/h1-10H,11H2/b19-10+. The number of halogens is 5. The Morgan fingerprint density at radius 1 is 1.06 bits per heavy atom. The number of furan rings is 1. The van der Waals surface area contributed by atoms with Crippen LogP contribution in [0, 0.1) is 5.82 Å². The van der Waals surface area contributed by atoms with Gasteiger partial charge in [-0.25, -0.2) is 4.39 Å². The minimum absolute atomic E-state index is 0.0162. The SMILES string of the molecule is O=C1S/C(=C/c2ccc(-c3cccc(C(F)(F)F)c3)o2)C(=O)N1Cc1c(F)cccc1Cl. The van der Waals surface area contributed by atoms with E-state index in [1.807, 2.05) is 0 Å². The molecule has 2 aromatic carbocycles. The number of hydrogen-bond acceptors (Lipinski definition) is 4. The molecular formula is C22H12ClF4NO3S. The molecule has 3 aromatic rings. The number of imide groups is 1. The molecule has 10 heteroatoms. The van der Waals surface area contributed by atoms with Crippen molar-refractivity contribution < 1.29 is 31.6 Å². The van der Waals surface area contributed by atoms with Gasteiger partial charge in [0.15, 0.2) is 0 Å². The lowest BCUT2D eigenvalue weighted by atomic mass is 10.1. The number of amides is 2. The Balaban J connectivity index is 1.56. The third-order valence-electron chi connectivity index (χ3n) is 4.63.